The highest BCUT2D eigenvalue weighted by Gasteiger charge is 2.22. The molecule has 1 fully saturated rings. The highest BCUT2D eigenvalue weighted by atomic mass is 35.5. The molecule has 0 bridgehead atoms. The van der Waals surface area contributed by atoms with Gasteiger partial charge in [0.15, 0.2) is 5.82 Å². The van der Waals surface area contributed by atoms with Crippen LogP contribution in [-0.2, 0) is 4.74 Å². The predicted octanol–water partition coefficient (Wildman–Crippen LogP) is 3.51. The van der Waals surface area contributed by atoms with Crippen LogP contribution >= 0.6 is 11.6 Å². The lowest BCUT2D eigenvalue weighted by molar-refractivity contribution is 0.123. The minimum Gasteiger partial charge on any atom is -0.378 e. The summed E-state index contributed by atoms with van der Waals surface area (Å²) in [5.74, 6) is 1.17. The quantitative estimate of drug-likeness (QED) is 0.580. The molecule has 3 N–H and O–H groups in total. The Labute approximate surface area is 179 Å². The first-order chi connectivity index (χ1) is 14.6. The van der Waals surface area contributed by atoms with E-state index in [1.165, 1.54) is 0 Å². The lowest BCUT2D eigenvalue weighted by atomic mass is 10.1. The van der Waals surface area contributed by atoms with Gasteiger partial charge in [0.1, 0.15) is 11.9 Å². The molecule has 2 amide bonds. The van der Waals surface area contributed by atoms with Crippen LogP contribution in [0.2, 0.25) is 5.02 Å². The summed E-state index contributed by atoms with van der Waals surface area (Å²) in [6.45, 7) is 4.62. The van der Waals surface area contributed by atoms with Gasteiger partial charge >= 0.3 is 6.03 Å². The van der Waals surface area contributed by atoms with Crippen molar-refractivity contribution < 1.29 is 9.53 Å². The summed E-state index contributed by atoms with van der Waals surface area (Å²) in [6.07, 6.45) is 0. The Kier molecular flexibility index (Phi) is 6.15. The SMILES string of the molecule is Cc1nc(C(NC(=O)Nc2cc(Cl)ccc2N2CCOCC2)c2ccccc2)n[nH]1. The van der Waals surface area contributed by atoms with E-state index < -0.39 is 6.04 Å². The van der Waals surface area contributed by atoms with Crippen molar-refractivity contribution in [3.8, 4) is 0 Å². The van der Waals surface area contributed by atoms with Crippen LogP contribution in [0.25, 0.3) is 0 Å². The minimum absolute atomic E-state index is 0.372. The molecular formula is C21H23ClN6O2. The van der Waals surface area contributed by atoms with E-state index in [1.54, 1.807) is 6.07 Å². The first kappa shape index (κ1) is 20.2. The molecule has 1 saturated heterocycles. The van der Waals surface area contributed by atoms with Gasteiger partial charge in [-0.25, -0.2) is 9.78 Å². The van der Waals surface area contributed by atoms with Crippen molar-refractivity contribution in [2.75, 3.05) is 36.5 Å². The number of ether oxygens (including phenoxy) is 1. The summed E-state index contributed by atoms with van der Waals surface area (Å²) in [4.78, 5) is 19.5. The van der Waals surface area contributed by atoms with Gasteiger partial charge in [0.25, 0.3) is 0 Å². The first-order valence-electron chi connectivity index (χ1n) is 9.74. The standard InChI is InChI=1S/C21H23ClN6O2/c1-14-23-20(27-26-14)19(15-5-3-2-4-6-15)25-21(29)24-17-13-16(22)7-8-18(17)28-9-11-30-12-10-28/h2-8,13,19H,9-12H2,1H3,(H,23,26,27)(H2,24,25,29). The number of H-pyrrole nitrogens is 1. The van der Waals surface area contributed by atoms with Crippen LogP contribution < -0.4 is 15.5 Å². The third-order valence-electron chi connectivity index (χ3n) is 4.84. The number of nitrogens with one attached hydrogen (secondary N) is 3. The summed E-state index contributed by atoms with van der Waals surface area (Å²) < 4.78 is 5.43. The number of carbonyl (C=O) groups is 1. The van der Waals surface area contributed by atoms with Crippen LogP contribution in [-0.4, -0.2) is 47.5 Å². The second-order valence-electron chi connectivity index (χ2n) is 6.98. The molecule has 1 aliphatic rings. The van der Waals surface area contributed by atoms with Gasteiger partial charge in [-0.1, -0.05) is 41.9 Å². The lowest BCUT2D eigenvalue weighted by Crippen LogP contribution is -2.38. The summed E-state index contributed by atoms with van der Waals surface area (Å²) in [5.41, 5.74) is 2.42. The maximum atomic E-state index is 12.9. The Morgan fingerprint density at radius 1 is 1.20 bits per heavy atom. The normalized spacial score (nSPS) is 14.9. The number of hydrogen-bond acceptors (Lipinski definition) is 5. The molecule has 156 valence electrons. The molecular weight excluding hydrogens is 404 g/mol. The second kappa shape index (κ2) is 9.15. The molecule has 2 aromatic carbocycles. The number of hydrogen-bond donors (Lipinski definition) is 3. The fourth-order valence-electron chi connectivity index (χ4n) is 3.41. The summed E-state index contributed by atoms with van der Waals surface area (Å²) >= 11 is 6.20. The van der Waals surface area contributed by atoms with Crippen LogP contribution in [0.4, 0.5) is 16.2 Å². The Bertz CT molecular complexity index is 1000. The smallest absolute Gasteiger partial charge is 0.320 e. The predicted molar refractivity (Wildman–Crippen MR) is 116 cm³/mol. The van der Waals surface area contributed by atoms with Crippen LogP contribution in [0.15, 0.2) is 48.5 Å². The number of halogens is 1. The number of aryl methyl sites for hydroxylation is 1. The number of urea groups is 1. The number of rotatable bonds is 5. The topological polar surface area (TPSA) is 95.2 Å². The second-order valence-corrected chi connectivity index (χ2v) is 7.42. The molecule has 0 aliphatic carbocycles. The highest BCUT2D eigenvalue weighted by molar-refractivity contribution is 6.31. The zero-order chi connectivity index (χ0) is 20.9. The Morgan fingerprint density at radius 3 is 2.67 bits per heavy atom. The maximum absolute atomic E-state index is 12.9. The molecule has 8 nitrogen and oxygen atoms in total. The fourth-order valence-corrected chi connectivity index (χ4v) is 3.58. The minimum atomic E-state index is -0.498. The highest BCUT2D eigenvalue weighted by Crippen LogP contribution is 2.30. The molecule has 1 unspecified atom stereocenters. The Morgan fingerprint density at radius 2 is 1.97 bits per heavy atom. The van der Waals surface area contributed by atoms with E-state index in [-0.39, 0.29) is 6.03 Å². The van der Waals surface area contributed by atoms with Crippen molar-refractivity contribution in [2.24, 2.45) is 0 Å². The van der Waals surface area contributed by atoms with E-state index in [0.29, 0.717) is 35.6 Å². The number of aromatic amines is 1. The van der Waals surface area contributed by atoms with E-state index in [2.05, 4.69) is 30.7 Å². The summed E-state index contributed by atoms with van der Waals surface area (Å²) in [7, 11) is 0. The molecule has 0 spiro atoms. The largest absolute Gasteiger partial charge is 0.378 e. The van der Waals surface area contributed by atoms with Crippen molar-refractivity contribution in [1.82, 2.24) is 20.5 Å². The molecule has 4 rings (SSSR count). The van der Waals surface area contributed by atoms with Crippen LogP contribution in [0.1, 0.15) is 23.3 Å². The van der Waals surface area contributed by atoms with Crippen LogP contribution in [0.5, 0.6) is 0 Å². The molecule has 9 heteroatoms. The monoisotopic (exact) mass is 426 g/mol. The average Bonchev–Trinajstić information content (AvgIpc) is 3.19. The van der Waals surface area contributed by atoms with Crippen molar-refractivity contribution in [3.05, 3.63) is 70.8 Å². The van der Waals surface area contributed by atoms with Crippen LogP contribution in [0, 0.1) is 6.92 Å². The number of aromatic nitrogens is 3. The molecule has 30 heavy (non-hydrogen) atoms. The molecule has 0 saturated carbocycles. The van der Waals surface area contributed by atoms with Gasteiger partial charge in [0.2, 0.25) is 0 Å². The molecule has 1 atom stereocenters. The van der Waals surface area contributed by atoms with Crippen molar-refractivity contribution in [3.63, 3.8) is 0 Å². The third kappa shape index (κ3) is 4.72. The number of anilines is 2. The van der Waals surface area contributed by atoms with E-state index in [9.17, 15) is 4.79 Å². The third-order valence-corrected chi connectivity index (χ3v) is 5.07. The number of benzene rings is 2. The van der Waals surface area contributed by atoms with Crippen molar-refractivity contribution in [1.29, 1.82) is 0 Å². The summed E-state index contributed by atoms with van der Waals surface area (Å²) in [5, 5.41) is 13.5. The van der Waals surface area contributed by atoms with Crippen LogP contribution in [0.3, 0.4) is 0 Å². The average molecular weight is 427 g/mol. The van der Waals surface area contributed by atoms with Gasteiger partial charge in [-0.2, -0.15) is 5.10 Å². The number of amides is 2. The molecule has 0 radical (unpaired) electrons. The first-order valence-corrected chi connectivity index (χ1v) is 10.1. The van der Waals surface area contributed by atoms with Gasteiger partial charge < -0.3 is 20.3 Å². The summed E-state index contributed by atoms with van der Waals surface area (Å²) in [6, 6.07) is 14.2. The van der Waals surface area contributed by atoms with Crippen molar-refractivity contribution >= 4 is 29.0 Å². The number of carbonyl (C=O) groups excluding carboxylic acids is 1. The van der Waals surface area contributed by atoms with E-state index in [4.69, 9.17) is 16.3 Å². The lowest BCUT2D eigenvalue weighted by Gasteiger charge is -2.30. The zero-order valence-electron chi connectivity index (χ0n) is 16.6. The van der Waals surface area contributed by atoms with Gasteiger partial charge in [-0.05, 0) is 30.7 Å². The van der Waals surface area contributed by atoms with Gasteiger partial charge in [-0.15, -0.1) is 0 Å². The Hall–Kier alpha value is -3.10. The molecule has 2 heterocycles. The molecule has 1 aliphatic heterocycles. The van der Waals surface area contributed by atoms with Crippen molar-refractivity contribution in [2.45, 2.75) is 13.0 Å². The van der Waals surface area contributed by atoms with Gasteiger partial charge in [0.05, 0.1) is 24.6 Å². The van der Waals surface area contributed by atoms with Gasteiger partial charge in [0, 0.05) is 18.1 Å². The molecule has 1 aromatic heterocycles. The fraction of sp³-hybridized carbons (Fsp3) is 0.286. The van der Waals surface area contributed by atoms with E-state index in [1.807, 2.05) is 49.4 Å². The zero-order valence-corrected chi connectivity index (χ0v) is 17.3. The number of morpholine rings is 1. The maximum Gasteiger partial charge on any atom is 0.320 e. The van der Waals surface area contributed by atoms with E-state index >= 15 is 0 Å². The molecule has 3 aromatic rings. The number of nitrogens with zero attached hydrogens (tertiary/aromatic N) is 3. The van der Waals surface area contributed by atoms with E-state index in [0.717, 1.165) is 24.3 Å². The van der Waals surface area contributed by atoms with Gasteiger partial charge in [-0.3, -0.25) is 5.10 Å². The Balaban J connectivity index is 1.56.